The minimum atomic E-state index is -0.358. The van der Waals surface area contributed by atoms with Gasteiger partial charge in [-0.15, -0.1) is 11.3 Å². The molecule has 2 aliphatic rings. The molecule has 0 bridgehead atoms. The molecule has 3 aromatic heterocycles. The lowest BCUT2D eigenvalue weighted by atomic mass is 9.96. The van der Waals surface area contributed by atoms with Crippen molar-refractivity contribution in [1.82, 2.24) is 20.2 Å². The number of carbonyl (C=O) groups is 2. The van der Waals surface area contributed by atoms with E-state index in [2.05, 4.69) is 20.2 Å². The monoisotopic (exact) mass is 432 g/mol. The van der Waals surface area contributed by atoms with Crippen LogP contribution < -0.4 is 10.6 Å². The van der Waals surface area contributed by atoms with Gasteiger partial charge in [0.05, 0.1) is 30.4 Å². The zero-order valence-electron chi connectivity index (χ0n) is 16.6. The van der Waals surface area contributed by atoms with E-state index in [0.29, 0.717) is 24.3 Å². The van der Waals surface area contributed by atoms with Crippen molar-refractivity contribution in [3.8, 4) is 0 Å². The van der Waals surface area contributed by atoms with Gasteiger partial charge in [0.25, 0.3) is 11.8 Å². The summed E-state index contributed by atoms with van der Waals surface area (Å²) in [6.07, 6.45) is 3.85. The molecule has 1 atom stereocenters. The number of morpholine rings is 1. The number of H-pyrrole nitrogens is 1. The molecule has 2 amide bonds. The summed E-state index contributed by atoms with van der Waals surface area (Å²) in [5.74, 6) is -0.716. The Kier molecular flexibility index (Phi) is 4.31. The summed E-state index contributed by atoms with van der Waals surface area (Å²) < 4.78 is 8.02. The zero-order chi connectivity index (χ0) is 20.9. The first-order valence-corrected chi connectivity index (χ1v) is 11.1. The van der Waals surface area contributed by atoms with Gasteiger partial charge in [0.15, 0.2) is 0 Å². The Bertz CT molecular complexity index is 1370. The molecule has 1 aromatic carbocycles. The number of benzene rings is 1. The summed E-state index contributed by atoms with van der Waals surface area (Å²) in [7, 11) is 0. The molecule has 0 aliphatic carbocycles. The highest BCUT2D eigenvalue weighted by Gasteiger charge is 2.35. The number of nitrogens with one attached hydrogen (secondary N) is 3. The second-order valence-corrected chi connectivity index (χ2v) is 8.72. The number of hydrogen-bond donors (Lipinski definition) is 3. The number of para-hydroxylation sites is 1. The van der Waals surface area contributed by atoms with Gasteiger partial charge in [-0.2, -0.15) is 0 Å². The van der Waals surface area contributed by atoms with Crippen LogP contribution in [0.3, 0.4) is 0 Å². The molecule has 6 rings (SSSR count). The normalized spacial score (nSPS) is 19.7. The molecule has 31 heavy (non-hydrogen) atoms. The van der Waals surface area contributed by atoms with Crippen molar-refractivity contribution in [3.63, 3.8) is 0 Å². The van der Waals surface area contributed by atoms with Gasteiger partial charge < -0.3 is 19.6 Å². The van der Waals surface area contributed by atoms with E-state index < -0.39 is 0 Å². The van der Waals surface area contributed by atoms with Gasteiger partial charge in [0.2, 0.25) is 0 Å². The van der Waals surface area contributed by atoms with Gasteiger partial charge in [-0.1, -0.05) is 18.2 Å². The Balaban J connectivity index is 1.54. The first kappa shape index (κ1) is 18.6. The van der Waals surface area contributed by atoms with Gasteiger partial charge >= 0.3 is 0 Å². The van der Waals surface area contributed by atoms with Crippen LogP contribution in [-0.4, -0.2) is 47.2 Å². The third kappa shape index (κ3) is 2.95. The van der Waals surface area contributed by atoms with Gasteiger partial charge in [-0.05, 0) is 17.5 Å². The van der Waals surface area contributed by atoms with E-state index >= 15 is 0 Å². The van der Waals surface area contributed by atoms with Crippen LogP contribution in [-0.2, 0) is 20.9 Å². The van der Waals surface area contributed by atoms with Gasteiger partial charge in [-0.3, -0.25) is 14.9 Å². The molecule has 8 heteroatoms. The van der Waals surface area contributed by atoms with Crippen LogP contribution in [0.4, 0.5) is 0 Å². The van der Waals surface area contributed by atoms with Crippen LogP contribution >= 0.6 is 11.3 Å². The lowest BCUT2D eigenvalue weighted by molar-refractivity contribution is -0.122. The molecule has 1 fully saturated rings. The Labute approximate surface area is 181 Å². The molecule has 0 spiro atoms. The first-order valence-electron chi connectivity index (χ1n) is 10.3. The molecule has 1 saturated heterocycles. The van der Waals surface area contributed by atoms with Crippen molar-refractivity contribution in [1.29, 1.82) is 0 Å². The van der Waals surface area contributed by atoms with Crippen LogP contribution in [0.1, 0.15) is 11.1 Å². The summed E-state index contributed by atoms with van der Waals surface area (Å²) in [4.78, 5) is 30.0. The largest absolute Gasteiger partial charge is 0.374 e. The predicted molar refractivity (Wildman–Crippen MR) is 121 cm³/mol. The fraction of sp³-hybridized carbons (Fsp3) is 0.217. The second-order valence-electron chi connectivity index (χ2n) is 7.81. The molecular formula is C23H20N4O3S. The highest BCUT2D eigenvalue weighted by molar-refractivity contribution is 7.16. The number of rotatable bonds is 4. The molecule has 1 unspecified atom stereocenters. The molecule has 156 valence electrons. The Morgan fingerprint density at radius 2 is 1.90 bits per heavy atom. The van der Waals surface area contributed by atoms with E-state index in [0.717, 1.165) is 45.3 Å². The summed E-state index contributed by atoms with van der Waals surface area (Å²) in [6.45, 7) is 3.01. The van der Waals surface area contributed by atoms with E-state index in [4.69, 9.17) is 4.74 Å². The number of hydrogen-bond acceptors (Lipinski definition) is 5. The number of amides is 2. The maximum absolute atomic E-state index is 13.0. The number of aromatic nitrogens is 2. The zero-order valence-corrected chi connectivity index (χ0v) is 17.4. The van der Waals surface area contributed by atoms with Gasteiger partial charge in [0.1, 0.15) is 4.83 Å². The third-order valence-electron chi connectivity index (χ3n) is 5.97. The molecule has 2 aliphatic heterocycles. The van der Waals surface area contributed by atoms with Crippen molar-refractivity contribution in [2.24, 2.45) is 0 Å². The van der Waals surface area contributed by atoms with Gasteiger partial charge in [-0.25, -0.2) is 0 Å². The summed E-state index contributed by atoms with van der Waals surface area (Å²) in [5.41, 5.74) is 3.39. The number of imide groups is 1. The topological polar surface area (TPSA) is 88.2 Å². The molecule has 7 nitrogen and oxygen atoms in total. The van der Waals surface area contributed by atoms with Crippen molar-refractivity contribution in [3.05, 3.63) is 59.2 Å². The number of fused-ring (bicyclic) bond motifs is 2. The third-order valence-corrected chi connectivity index (χ3v) is 6.81. The maximum atomic E-state index is 13.0. The van der Waals surface area contributed by atoms with Crippen LogP contribution in [0.25, 0.3) is 32.3 Å². The number of thiophene rings is 1. The standard InChI is InChI=1S/C23H20N4O3S/c28-21-19(16-10-25-23-15(16)5-8-31-23)20(22(29)26-21)17-12-27(11-13-9-24-6-7-30-13)18-4-2-1-3-14(17)18/h1-5,8,10,12-13,24-25H,6-7,9,11H2,(H,26,28,29). The molecule has 0 radical (unpaired) electrons. The fourth-order valence-corrected chi connectivity index (χ4v) is 5.35. The van der Waals surface area contributed by atoms with Crippen molar-refractivity contribution >= 4 is 55.4 Å². The Hall–Kier alpha value is -3.20. The molecule has 0 saturated carbocycles. The van der Waals surface area contributed by atoms with Crippen LogP contribution in [0.5, 0.6) is 0 Å². The average molecular weight is 433 g/mol. The van der Waals surface area contributed by atoms with Crippen LogP contribution in [0.15, 0.2) is 48.1 Å². The minimum Gasteiger partial charge on any atom is -0.374 e. The fourth-order valence-electron chi connectivity index (χ4n) is 4.58. The van der Waals surface area contributed by atoms with E-state index in [1.165, 1.54) is 0 Å². The van der Waals surface area contributed by atoms with Crippen LogP contribution in [0.2, 0.25) is 0 Å². The van der Waals surface area contributed by atoms with E-state index in [-0.39, 0.29) is 17.9 Å². The van der Waals surface area contributed by atoms with Crippen LogP contribution in [0, 0.1) is 0 Å². The number of aromatic amines is 1. The average Bonchev–Trinajstić information content (AvgIpc) is 3.53. The number of carbonyl (C=O) groups excluding carboxylic acids is 2. The Morgan fingerprint density at radius 3 is 2.74 bits per heavy atom. The van der Waals surface area contributed by atoms with Gasteiger partial charge in [0, 0.05) is 52.9 Å². The summed E-state index contributed by atoms with van der Waals surface area (Å²) in [5, 5.41) is 9.74. The quantitative estimate of drug-likeness (QED) is 0.433. The van der Waals surface area contributed by atoms with E-state index in [1.807, 2.05) is 48.1 Å². The first-order chi connectivity index (χ1) is 15.2. The second kappa shape index (κ2) is 7.19. The van der Waals surface area contributed by atoms with Crippen molar-refractivity contribution < 1.29 is 14.3 Å². The van der Waals surface area contributed by atoms with Crippen molar-refractivity contribution in [2.45, 2.75) is 12.6 Å². The minimum absolute atomic E-state index is 0.0556. The highest BCUT2D eigenvalue weighted by atomic mass is 32.1. The smallest absolute Gasteiger partial charge is 0.259 e. The summed E-state index contributed by atoms with van der Waals surface area (Å²) in [6, 6.07) is 9.95. The number of ether oxygens (including phenoxy) is 1. The van der Waals surface area contributed by atoms with Crippen molar-refractivity contribution in [2.75, 3.05) is 19.7 Å². The molecule has 4 aromatic rings. The lowest BCUT2D eigenvalue weighted by Crippen LogP contribution is -2.40. The summed E-state index contributed by atoms with van der Waals surface area (Å²) >= 11 is 1.57. The lowest BCUT2D eigenvalue weighted by Gasteiger charge is -2.24. The molecule has 5 heterocycles. The van der Waals surface area contributed by atoms with E-state index in [1.54, 1.807) is 11.3 Å². The van der Waals surface area contributed by atoms with E-state index in [9.17, 15) is 9.59 Å². The Morgan fingerprint density at radius 1 is 1.06 bits per heavy atom. The predicted octanol–water partition coefficient (Wildman–Crippen LogP) is 2.74. The molecule has 3 N–H and O–H groups in total. The number of nitrogens with zero attached hydrogens (tertiary/aromatic N) is 1. The maximum Gasteiger partial charge on any atom is 0.259 e. The SMILES string of the molecule is O=C1NC(=O)C(c2cn(CC3CNCCO3)c3ccccc23)=C1c1c[nH]c2sccc12. The highest BCUT2D eigenvalue weighted by Crippen LogP contribution is 2.39. The molecular weight excluding hydrogens is 412 g/mol.